The van der Waals surface area contributed by atoms with Crippen molar-refractivity contribution in [3.8, 4) is 0 Å². The van der Waals surface area contributed by atoms with Gasteiger partial charge in [0.25, 0.3) is 0 Å². The fourth-order valence-corrected chi connectivity index (χ4v) is 0.405. The minimum absolute atomic E-state index is 0.329. The Kier molecular flexibility index (Phi) is 10.5. The lowest BCUT2D eigenvalue weighted by molar-refractivity contribution is -0.233. The molecule has 0 aliphatic carbocycles. The highest BCUT2D eigenvalue weighted by atomic mass is 35.5. The third kappa shape index (κ3) is 14.1. The Hall–Kier alpha value is -0.810. The first kappa shape index (κ1) is 14.7. The van der Waals surface area contributed by atoms with Crippen molar-refractivity contribution in [3.05, 3.63) is 0 Å². The van der Waals surface area contributed by atoms with Crippen LogP contribution in [0.5, 0.6) is 0 Å². The standard InChI is InChI=1S/C6H12O3.CHClO2/c1-3-5(7)6(8)9-4-2;2-1(3)4/h5,7H,3-4H2,1-2H3;(H,3,4)/p-1. The molecule has 78 valence electrons. The number of rotatable bonds is 3. The minimum Gasteiger partial charge on any atom is -0.534 e. The van der Waals surface area contributed by atoms with Gasteiger partial charge in [0.15, 0.2) is 6.10 Å². The van der Waals surface area contributed by atoms with Crippen LogP contribution in [0.3, 0.4) is 0 Å². The number of carbonyl (C=O) groups excluding carboxylic acids is 2. The van der Waals surface area contributed by atoms with E-state index in [0.717, 1.165) is 0 Å². The highest BCUT2D eigenvalue weighted by Gasteiger charge is 2.11. The van der Waals surface area contributed by atoms with Crippen LogP contribution in [0, 0.1) is 0 Å². The van der Waals surface area contributed by atoms with Crippen LogP contribution < -0.4 is 5.11 Å². The average molecular weight is 212 g/mol. The number of hydrogen-bond acceptors (Lipinski definition) is 5. The number of carboxylic acid groups (broad SMARTS) is 1. The van der Waals surface area contributed by atoms with Crippen LogP contribution >= 0.6 is 11.6 Å². The molecule has 6 heteroatoms. The summed E-state index contributed by atoms with van der Waals surface area (Å²) in [4.78, 5) is 19.2. The molecule has 5 nitrogen and oxygen atoms in total. The van der Waals surface area contributed by atoms with Gasteiger partial charge < -0.3 is 19.7 Å². The predicted molar refractivity (Wildman–Crippen MR) is 44.2 cm³/mol. The number of aliphatic hydroxyl groups excluding tert-OH is 1. The van der Waals surface area contributed by atoms with Crippen molar-refractivity contribution >= 4 is 23.0 Å². The van der Waals surface area contributed by atoms with E-state index in [1.807, 2.05) is 0 Å². The summed E-state index contributed by atoms with van der Waals surface area (Å²) in [6.07, 6.45) is -0.524. The van der Waals surface area contributed by atoms with E-state index < -0.39 is 17.5 Å². The van der Waals surface area contributed by atoms with Gasteiger partial charge in [-0.25, -0.2) is 4.79 Å². The first-order chi connectivity index (χ1) is 5.95. The van der Waals surface area contributed by atoms with Gasteiger partial charge in [0.05, 0.1) is 6.61 Å². The summed E-state index contributed by atoms with van der Waals surface area (Å²) in [5.41, 5.74) is -1.61. The molecule has 13 heavy (non-hydrogen) atoms. The molecule has 0 spiro atoms. The number of esters is 1. The lowest BCUT2D eigenvalue weighted by Crippen LogP contribution is -2.21. The molecule has 0 rings (SSSR count). The molecule has 1 unspecified atom stereocenters. The van der Waals surface area contributed by atoms with Gasteiger partial charge in [-0.2, -0.15) is 0 Å². The number of aliphatic hydroxyl groups is 1. The van der Waals surface area contributed by atoms with Crippen molar-refractivity contribution in [2.24, 2.45) is 0 Å². The van der Waals surface area contributed by atoms with E-state index in [4.69, 9.17) is 15.0 Å². The summed E-state index contributed by atoms with van der Waals surface area (Å²) in [5.74, 6) is -0.528. The van der Waals surface area contributed by atoms with Gasteiger partial charge >= 0.3 is 5.97 Å². The predicted octanol–water partition coefficient (Wildman–Crippen LogP) is -0.111. The quantitative estimate of drug-likeness (QED) is 0.520. The van der Waals surface area contributed by atoms with Crippen molar-refractivity contribution in [3.63, 3.8) is 0 Å². The molecule has 0 bridgehead atoms. The van der Waals surface area contributed by atoms with Gasteiger partial charge in [-0.1, -0.05) is 18.5 Å². The second-order valence-corrected chi connectivity index (χ2v) is 2.22. The molecule has 0 fully saturated rings. The largest absolute Gasteiger partial charge is 0.534 e. The van der Waals surface area contributed by atoms with Crippen LogP contribution in [0.2, 0.25) is 0 Å². The van der Waals surface area contributed by atoms with Crippen LogP contribution in [0.15, 0.2) is 0 Å². The lowest BCUT2D eigenvalue weighted by Gasteiger charge is -2.04. The summed E-state index contributed by atoms with van der Waals surface area (Å²) in [6, 6.07) is 0. The second-order valence-electron chi connectivity index (χ2n) is 1.91. The Morgan fingerprint density at radius 2 is 1.92 bits per heavy atom. The van der Waals surface area contributed by atoms with Crippen LogP contribution in [0.25, 0.3) is 0 Å². The fourth-order valence-electron chi connectivity index (χ4n) is 0.405. The summed E-state index contributed by atoms with van der Waals surface area (Å²) in [6.45, 7) is 3.76. The molecule has 0 radical (unpaired) electrons. The maximum atomic E-state index is 10.5. The average Bonchev–Trinajstić information content (AvgIpc) is 2.02. The molecule has 1 atom stereocenters. The molecular weight excluding hydrogens is 200 g/mol. The molecule has 0 aromatic carbocycles. The molecule has 0 saturated carbocycles. The Morgan fingerprint density at radius 3 is 2.15 bits per heavy atom. The van der Waals surface area contributed by atoms with Gasteiger partial charge in [-0.15, -0.1) is 0 Å². The third-order valence-electron chi connectivity index (χ3n) is 0.945. The molecular formula is C7H12ClO5-. The van der Waals surface area contributed by atoms with E-state index in [0.29, 0.717) is 13.0 Å². The molecule has 0 aliphatic heterocycles. The molecule has 0 aromatic rings. The van der Waals surface area contributed by atoms with Gasteiger partial charge in [0.2, 0.25) is 0 Å². The van der Waals surface area contributed by atoms with Gasteiger partial charge in [-0.05, 0) is 13.3 Å². The molecule has 0 saturated heterocycles. The lowest BCUT2D eigenvalue weighted by atomic mass is 10.3. The summed E-state index contributed by atoms with van der Waals surface area (Å²) >= 11 is 4.08. The van der Waals surface area contributed by atoms with Crippen molar-refractivity contribution in [1.82, 2.24) is 0 Å². The van der Waals surface area contributed by atoms with E-state index in [2.05, 4.69) is 16.3 Å². The molecule has 1 N–H and O–H groups in total. The van der Waals surface area contributed by atoms with Crippen molar-refractivity contribution in [2.75, 3.05) is 6.61 Å². The van der Waals surface area contributed by atoms with Crippen molar-refractivity contribution in [2.45, 2.75) is 26.4 Å². The fraction of sp³-hybridized carbons (Fsp3) is 0.714. The van der Waals surface area contributed by atoms with Crippen LogP contribution in [-0.4, -0.2) is 29.2 Å². The zero-order valence-corrected chi connectivity index (χ0v) is 8.21. The second kappa shape index (κ2) is 9.28. The minimum atomic E-state index is -1.61. The van der Waals surface area contributed by atoms with Crippen LogP contribution in [0.4, 0.5) is 4.79 Å². The van der Waals surface area contributed by atoms with E-state index in [1.54, 1.807) is 13.8 Å². The van der Waals surface area contributed by atoms with Crippen LogP contribution in [-0.2, 0) is 9.53 Å². The first-order valence-corrected chi connectivity index (χ1v) is 4.04. The van der Waals surface area contributed by atoms with Crippen molar-refractivity contribution in [1.29, 1.82) is 0 Å². The summed E-state index contributed by atoms with van der Waals surface area (Å²) in [7, 11) is 0. The first-order valence-electron chi connectivity index (χ1n) is 3.66. The molecule has 0 amide bonds. The molecule has 0 heterocycles. The SMILES string of the molecule is CCOC(=O)C(O)CC.O=C([O-])Cl. The highest BCUT2D eigenvalue weighted by molar-refractivity contribution is 6.59. The normalized spacial score (nSPS) is 10.8. The van der Waals surface area contributed by atoms with E-state index >= 15 is 0 Å². The Morgan fingerprint density at radius 1 is 1.54 bits per heavy atom. The summed E-state index contributed by atoms with van der Waals surface area (Å²) in [5, 5.41) is 17.4. The zero-order chi connectivity index (χ0) is 10.9. The molecule has 0 aromatic heterocycles. The Labute approximate surface area is 81.3 Å². The Bertz CT molecular complexity index is 155. The highest BCUT2D eigenvalue weighted by Crippen LogP contribution is 1.92. The maximum Gasteiger partial charge on any atom is 0.334 e. The monoisotopic (exact) mass is 211 g/mol. The summed E-state index contributed by atoms with van der Waals surface area (Å²) < 4.78 is 4.51. The smallest absolute Gasteiger partial charge is 0.334 e. The van der Waals surface area contributed by atoms with E-state index in [1.165, 1.54) is 0 Å². The van der Waals surface area contributed by atoms with E-state index in [-0.39, 0.29) is 0 Å². The van der Waals surface area contributed by atoms with E-state index in [9.17, 15) is 4.79 Å². The molecule has 0 aliphatic rings. The van der Waals surface area contributed by atoms with Gasteiger partial charge in [-0.3, -0.25) is 0 Å². The number of carbonyl (C=O) groups is 2. The topological polar surface area (TPSA) is 86.7 Å². The number of halogens is 1. The zero-order valence-electron chi connectivity index (χ0n) is 7.45. The number of ether oxygens (including phenoxy) is 1. The Balaban J connectivity index is 0. The van der Waals surface area contributed by atoms with Gasteiger partial charge in [0.1, 0.15) is 5.43 Å². The van der Waals surface area contributed by atoms with Gasteiger partial charge in [0, 0.05) is 0 Å². The van der Waals surface area contributed by atoms with Crippen LogP contribution in [0.1, 0.15) is 20.3 Å². The third-order valence-corrected chi connectivity index (χ3v) is 0.945. The van der Waals surface area contributed by atoms with Crippen molar-refractivity contribution < 1.29 is 24.5 Å². The maximum absolute atomic E-state index is 10.5. The number of hydrogen-bond donors (Lipinski definition) is 1.